The first-order chi connectivity index (χ1) is 12.3. The molecule has 7 nitrogen and oxygen atoms in total. The molecule has 0 N–H and O–H groups in total. The molecule has 26 heavy (non-hydrogen) atoms. The summed E-state index contributed by atoms with van der Waals surface area (Å²) in [5.41, 5.74) is 0.875. The summed E-state index contributed by atoms with van der Waals surface area (Å²) in [6, 6.07) is 13.3. The van der Waals surface area contributed by atoms with Crippen molar-refractivity contribution in [2.75, 3.05) is 26.7 Å². The van der Waals surface area contributed by atoms with Gasteiger partial charge in [0.15, 0.2) is 4.90 Å². The zero-order valence-electron chi connectivity index (χ0n) is 14.7. The molecule has 1 atom stereocenters. The molecular formula is C18H21N3O4S. The lowest BCUT2D eigenvalue weighted by Crippen LogP contribution is -2.49. The standard InChI is InChI=1S/C18H21N3O4S/c1-14-7-6-10-16(21(22)23)18(14)26(24,25)20-12-11-19(2)13-17(20)15-8-4-3-5-9-15/h3-10,17H,11-13H2,1-2H3. The Hall–Kier alpha value is -2.29. The molecule has 1 heterocycles. The van der Waals surface area contributed by atoms with Crippen LogP contribution in [0.25, 0.3) is 0 Å². The van der Waals surface area contributed by atoms with E-state index in [1.165, 1.54) is 16.4 Å². The number of sulfonamides is 1. The number of hydrogen-bond acceptors (Lipinski definition) is 5. The fourth-order valence-corrected chi connectivity index (χ4v) is 5.33. The molecule has 0 bridgehead atoms. The van der Waals surface area contributed by atoms with Gasteiger partial charge in [0.05, 0.1) is 11.0 Å². The molecular weight excluding hydrogens is 354 g/mol. The Morgan fingerprint density at radius 2 is 1.77 bits per heavy atom. The Balaban J connectivity index is 2.12. The van der Waals surface area contributed by atoms with Crippen molar-refractivity contribution in [2.45, 2.75) is 17.9 Å². The molecule has 0 aliphatic carbocycles. The summed E-state index contributed by atoms with van der Waals surface area (Å²) in [5, 5.41) is 11.4. The normalized spacial score (nSPS) is 19.4. The lowest BCUT2D eigenvalue weighted by molar-refractivity contribution is -0.388. The predicted molar refractivity (Wildman–Crippen MR) is 98.4 cm³/mol. The molecule has 2 aromatic rings. The first-order valence-corrected chi connectivity index (χ1v) is 9.75. The van der Waals surface area contributed by atoms with Gasteiger partial charge in [-0.15, -0.1) is 0 Å². The molecule has 1 unspecified atom stereocenters. The third kappa shape index (κ3) is 3.35. The van der Waals surface area contributed by atoms with Crippen LogP contribution in [0.2, 0.25) is 0 Å². The number of nitro benzene ring substituents is 1. The van der Waals surface area contributed by atoms with E-state index in [-0.39, 0.29) is 23.2 Å². The van der Waals surface area contributed by atoms with Gasteiger partial charge in [-0.25, -0.2) is 8.42 Å². The first kappa shape index (κ1) is 18.5. The van der Waals surface area contributed by atoms with Gasteiger partial charge in [0, 0.05) is 25.7 Å². The number of rotatable bonds is 4. The molecule has 2 aromatic carbocycles. The van der Waals surface area contributed by atoms with Crippen LogP contribution in [0.5, 0.6) is 0 Å². The number of benzene rings is 2. The molecule has 1 fully saturated rings. The molecule has 0 radical (unpaired) electrons. The maximum absolute atomic E-state index is 13.4. The maximum atomic E-state index is 13.4. The summed E-state index contributed by atoms with van der Waals surface area (Å²) in [6.45, 7) is 2.97. The third-order valence-electron chi connectivity index (χ3n) is 4.67. The zero-order chi connectivity index (χ0) is 18.9. The quantitative estimate of drug-likeness (QED) is 0.606. The van der Waals surface area contributed by atoms with Gasteiger partial charge in [-0.1, -0.05) is 42.5 Å². The van der Waals surface area contributed by atoms with Crippen molar-refractivity contribution in [3.8, 4) is 0 Å². The van der Waals surface area contributed by atoms with Crippen LogP contribution in [0.4, 0.5) is 5.69 Å². The Labute approximate surface area is 153 Å². The number of hydrogen-bond donors (Lipinski definition) is 0. The number of nitrogens with zero attached hydrogens (tertiary/aromatic N) is 3. The number of aryl methyl sites for hydroxylation is 1. The molecule has 0 saturated carbocycles. The highest BCUT2D eigenvalue weighted by atomic mass is 32.2. The second kappa shape index (κ2) is 7.14. The average molecular weight is 375 g/mol. The Morgan fingerprint density at radius 1 is 1.08 bits per heavy atom. The summed E-state index contributed by atoms with van der Waals surface area (Å²) in [4.78, 5) is 12.6. The van der Waals surface area contributed by atoms with E-state index in [4.69, 9.17) is 0 Å². The van der Waals surface area contributed by atoms with Gasteiger partial charge in [0.1, 0.15) is 0 Å². The second-order valence-electron chi connectivity index (χ2n) is 6.48. The van der Waals surface area contributed by atoms with Gasteiger partial charge in [-0.3, -0.25) is 10.1 Å². The van der Waals surface area contributed by atoms with Crippen LogP contribution in [0.1, 0.15) is 17.2 Å². The summed E-state index contributed by atoms with van der Waals surface area (Å²) in [5.74, 6) is 0. The SMILES string of the molecule is Cc1cccc([N+](=O)[O-])c1S(=O)(=O)N1CCN(C)CC1c1ccccc1. The minimum atomic E-state index is -4.02. The third-order valence-corrected chi connectivity index (χ3v) is 6.77. The highest BCUT2D eigenvalue weighted by Crippen LogP contribution is 2.35. The van der Waals surface area contributed by atoms with Crippen LogP contribution >= 0.6 is 0 Å². The van der Waals surface area contributed by atoms with Crippen LogP contribution in [-0.4, -0.2) is 49.2 Å². The van der Waals surface area contributed by atoms with Crippen LogP contribution in [0.3, 0.4) is 0 Å². The number of likely N-dealkylation sites (N-methyl/N-ethyl adjacent to an activating group) is 1. The second-order valence-corrected chi connectivity index (χ2v) is 8.31. The van der Waals surface area contributed by atoms with Crippen molar-refractivity contribution in [1.82, 2.24) is 9.21 Å². The molecule has 1 aliphatic heterocycles. The van der Waals surface area contributed by atoms with Crippen molar-refractivity contribution in [1.29, 1.82) is 0 Å². The van der Waals surface area contributed by atoms with Gasteiger partial charge in [0.25, 0.3) is 15.7 Å². The Morgan fingerprint density at radius 3 is 2.42 bits per heavy atom. The van der Waals surface area contributed by atoms with E-state index in [1.54, 1.807) is 13.0 Å². The molecule has 1 aliphatic rings. The average Bonchev–Trinajstić information content (AvgIpc) is 2.61. The molecule has 3 rings (SSSR count). The van der Waals surface area contributed by atoms with Crippen LogP contribution in [-0.2, 0) is 10.0 Å². The van der Waals surface area contributed by atoms with E-state index in [2.05, 4.69) is 4.90 Å². The molecule has 138 valence electrons. The van der Waals surface area contributed by atoms with Gasteiger partial charge in [-0.2, -0.15) is 4.31 Å². The highest BCUT2D eigenvalue weighted by molar-refractivity contribution is 7.89. The minimum absolute atomic E-state index is 0.213. The summed E-state index contributed by atoms with van der Waals surface area (Å²) >= 11 is 0. The van der Waals surface area contributed by atoms with E-state index in [1.807, 2.05) is 37.4 Å². The van der Waals surface area contributed by atoms with Crippen molar-refractivity contribution in [2.24, 2.45) is 0 Å². The van der Waals surface area contributed by atoms with Gasteiger partial charge < -0.3 is 4.90 Å². The van der Waals surface area contributed by atoms with Crippen molar-refractivity contribution in [3.05, 3.63) is 69.8 Å². The Kier molecular flexibility index (Phi) is 5.08. The van der Waals surface area contributed by atoms with E-state index in [9.17, 15) is 18.5 Å². The first-order valence-electron chi connectivity index (χ1n) is 8.31. The van der Waals surface area contributed by atoms with E-state index in [0.29, 0.717) is 18.7 Å². The summed E-state index contributed by atoms with van der Waals surface area (Å²) < 4.78 is 28.3. The van der Waals surface area contributed by atoms with E-state index >= 15 is 0 Å². The van der Waals surface area contributed by atoms with E-state index in [0.717, 1.165) is 5.56 Å². The number of nitro groups is 1. The highest BCUT2D eigenvalue weighted by Gasteiger charge is 2.40. The summed E-state index contributed by atoms with van der Waals surface area (Å²) in [6.07, 6.45) is 0. The fourth-order valence-electron chi connectivity index (χ4n) is 3.37. The molecule has 0 spiro atoms. The number of piperazine rings is 1. The molecule has 8 heteroatoms. The topological polar surface area (TPSA) is 83.8 Å². The smallest absolute Gasteiger partial charge is 0.289 e. The fraction of sp³-hybridized carbons (Fsp3) is 0.333. The summed E-state index contributed by atoms with van der Waals surface area (Å²) in [7, 11) is -2.08. The van der Waals surface area contributed by atoms with Gasteiger partial charge in [-0.05, 0) is 25.1 Å². The monoisotopic (exact) mass is 375 g/mol. The van der Waals surface area contributed by atoms with Gasteiger partial charge in [0.2, 0.25) is 0 Å². The van der Waals surface area contributed by atoms with Crippen LogP contribution in [0.15, 0.2) is 53.4 Å². The van der Waals surface area contributed by atoms with Crippen LogP contribution < -0.4 is 0 Å². The van der Waals surface area contributed by atoms with Crippen LogP contribution in [0, 0.1) is 17.0 Å². The minimum Gasteiger partial charge on any atom is -0.303 e. The molecule has 0 aromatic heterocycles. The largest absolute Gasteiger partial charge is 0.303 e. The lowest BCUT2D eigenvalue weighted by Gasteiger charge is -2.39. The zero-order valence-corrected chi connectivity index (χ0v) is 15.5. The maximum Gasteiger partial charge on any atom is 0.289 e. The van der Waals surface area contributed by atoms with Crippen molar-refractivity contribution < 1.29 is 13.3 Å². The molecule has 1 saturated heterocycles. The Bertz CT molecular complexity index is 915. The van der Waals surface area contributed by atoms with Gasteiger partial charge >= 0.3 is 0 Å². The van der Waals surface area contributed by atoms with Crippen molar-refractivity contribution >= 4 is 15.7 Å². The van der Waals surface area contributed by atoms with E-state index < -0.39 is 14.9 Å². The predicted octanol–water partition coefficient (Wildman–Crippen LogP) is 2.58. The lowest BCUT2D eigenvalue weighted by atomic mass is 10.1. The molecule has 0 amide bonds. The van der Waals surface area contributed by atoms with Crippen molar-refractivity contribution in [3.63, 3.8) is 0 Å².